The maximum Gasteiger partial charge on any atom is 0.202 e. The van der Waals surface area contributed by atoms with Crippen molar-refractivity contribution in [2.75, 3.05) is 12.4 Å². The van der Waals surface area contributed by atoms with Crippen LogP contribution in [0.1, 0.15) is 67.4 Å². The number of carbonyl (C=O) groups excluding carboxylic acids is 3. The lowest BCUT2D eigenvalue weighted by atomic mass is 9.49. The number of hydrogen-bond donors (Lipinski definition) is 5. The van der Waals surface area contributed by atoms with Gasteiger partial charge in [0.15, 0.2) is 5.78 Å². The van der Waals surface area contributed by atoms with Gasteiger partial charge in [0.25, 0.3) is 0 Å². The summed E-state index contributed by atoms with van der Waals surface area (Å²) in [7, 11) is 1.41. The second kappa shape index (κ2) is 7.21. The zero-order chi connectivity index (χ0) is 26.8. The van der Waals surface area contributed by atoms with Crippen molar-refractivity contribution in [2.45, 2.75) is 30.6 Å². The van der Waals surface area contributed by atoms with E-state index in [-0.39, 0.29) is 33.7 Å². The van der Waals surface area contributed by atoms with Crippen LogP contribution in [0.4, 0.5) is 5.69 Å². The van der Waals surface area contributed by atoms with E-state index in [9.17, 15) is 34.8 Å². The van der Waals surface area contributed by atoms with Crippen molar-refractivity contribution in [1.29, 1.82) is 0 Å². The first kappa shape index (κ1) is 22.9. The van der Waals surface area contributed by atoms with Crippen molar-refractivity contribution in [1.82, 2.24) is 0 Å². The molecule has 4 bridgehead atoms. The van der Waals surface area contributed by atoms with Crippen LogP contribution in [0.15, 0.2) is 42.5 Å². The average Bonchev–Trinajstić information content (AvgIpc) is 2.89. The van der Waals surface area contributed by atoms with Gasteiger partial charge in [-0.15, -0.1) is 0 Å². The molecule has 0 radical (unpaired) electrons. The van der Waals surface area contributed by atoms with Gasteiger partial charge in [0.2, 0.25) is 11.6 Å². The fourth-order valence-electron chi connectivity index (χ4n) is 7.44. The number of aromatic hydroxyl groups is 3. The van der Waals surface area contributed by atoms with Crippen molar-refractivity contribution in [3.63, 3.8) is 0 Å². The highest BCUT2D eigenvalue weighted by molar-refractivity contribution is 6.33. The number of aliphatic hydroxyl groups is 1. The maximum atomic E-state index is 13.9. The smallest absolute Gasteiger partial charge is 0.202 e. The van der Waals surface area contributed by atoms with Crippen LogP contribution in [-0.2, 0) is 15.1 Å². The number of fused-ring (bicyclic) bond motifs is 7. The third-order valence-corrected chi connectivity index (χ3v) is 8.94. The van der Waals surface area contributed by atoms with Gasteiger partial charge in [-0.25, -0.2) is 0 Å². The Bertz CT molecular complexity index is 1640. The molecule has 0 saturated heterocycles. The van der Waals surface area contributed by atoms with E-state index in [1.54, 1.807) is 6.92 Å². The highest BCUT2D eigenvalue weighted by atomic mass is 16.5. The summed E-state index contributed by atoms with van der Waals surface area (Å²) in [6.45, 7) is 1.73. The molecular weight excluding hydrogens is 490 g/mol. The highest BCUT2D eigenvalue weighted by Crippen LogP contribution is 2.66. The van der Waals surface area contributed by atoms with Crippen molar-refractivity contribution in [3.8, 4) is 17.2 Å². The number of carbonyl (C=O) groups is 3. The summed E-state index contributed by atoms with van der Waals surface area (Å²) in [4.78, 5) is 40.8. The topological polar surface area (TPSA) is 153 Å². The van der Waals surface area contributed by atoms with Gasteiger partial charge in [-0.2, -0.15) is 0 Å². The van der Waals surface area contributed by atoms with Gasteiger partial charge in [-0.1, -0.05) is 31.2 Å². The molecule has 6 unspecified atom stereocenters. The number of phenols is 3. The Morgan fingerprint density at radius 3 is 2.05 bits per heavy atom. The maximum absolute atomic E-state index is 13.9. The predicted octanol–water partition coefficient (Wildman–Crippen LogP) is 2.88. The van der Waals surface area contributed by atoms with Gasteiger partial charge >= 0.3 is 0 Å². The molecule has 38 heavy (non-hydrogen) atoms. The molecule has 0 amide bonds. The van der Waals surface area contributed by atoms with Crippen LogP contribution in [0.2, 0.25) is 0 Å². The fraction of sp³-hybridized carbons (Fsp3) is 0.276. The van der Waals surface area contributed by atoms with Crippen molar-refractivity contribution in [2.24, 2.45) is 11.8 Å². The third-order valence-electron chi connectivity index (χ3n) is 8.94. The number of ketones is 3. The summed E-state index contributed by atoms with van der Waals surface area (Å²) in [6.07, 6.45) is -0.989. The van der Waals surface area contributed by atoms with Crippen LogP contribution in [0.3, 0.4) is 0 Å². The highest BCUT2D eigenvalue weighted by Gasteiger charge is 2.67. The molecule has 0 spiro atoms. The molecule has 5 N–H and O–H groups in total. The largest absolute Gasteiger partial charge is 0.507 e. The molecule has 4 aliphatic rings. The molecule has 3 aromatic carbocycles. The molecule has 9 heteroatoms. The van der Waals surface area contributed by atoms with Gasteiger partial charge in [-0.05, 0) is 29.3 Å². The zero-order valence-electron chi connectivity index (χ0n) is 20.4. The van der Waals surface area contributed by atoms with E-state index in [0.717, 1.165) is 17.7 Å². The first-order chi connectivity index (χ1) is 18.1. The number of ether oxygens (including phenoxy) is 1. The lowest BCUT2D eigenvalue weighted by Gasteiger charge is -2.60. The van der Waals surface area contributed by atoms with Crippen LogP contribution in [0, 0.1) is 11.8 Å². The third kappa shape index (κ3) is 2.41. The van der Waals surface area contributed by atoms with Crippen molar-refractivity contribution < 1.29 is 39.5 Å². The molecule has 7 rings (SSSR count). The van der Waals surface area contributed by atoms with E-state index < -0.39 is 69.9 Å². The van der Waals surface area contributed by atoms with E-state index in [0.29, 0.717) is 5.56 Å². The summed E-state index contributed by atoms with van der Waals surface area (Å²) < 4.78 is 5.67. The number of methoxy groups -OCH3 is 1. The van der Waals surface area contributed by atoms with E-state index >= 15 is 0 Å². The molecule has 192 valence electrons. The van der Waals surface area contributed by atoms with Gasteiger partial charge < -0.3 is 30.5 Å². The van der Waals surface area contributed by atoms with E-state index in [1.165, 1.54) is 13.2 Å². The average molecular weight is 514 g/mol. The monoisotopic (exact) mass is 513 g/mol. The minimum Gasteiger partial charge on any atom is -0.507 e. The fourth-order valence-corrected chi connectivity index (χ4v) is 7.44. The standard InChI is InChI=1S/C29H23NO8/c1-10-21-23-12-6-4-3-5-11(12)22(28(38-2)25(10)34)29(21,37)13-9-16(33)19-20(24(13)30-23)27(36)18-15(32)8-7-14(31)17(18)26(19)35/h3-10,21-23,28,30-33,37H,1-2H3. The minimum absolute atomic E-state index is 0.143. The Morgan fingerprint density at radius 1 is 0.842 bits per heavy atom. The Kier molecular flexibility index (Phi) is 4.35. The van der Waals surface area contributed by atoms with Crippen LogP contribution in [0.25, 0.3) is 0 Å². The second-order valence-electron chi connectivity index (χ2n) is 10.5. The number of benzene rings is 3. The summed E-state index contributed by atoms with van der Waals surface area (Å²) in [6, 6.07) is 10.3. The molecule has 1 saturated carbocycles. The van der Waals surface area contributed by atoms with Gasteiger partial charge in [-0.3, -0.25) is 14.4 Å². The number of hydrogen-bond acceptors (Lipinski definition) is 9. The van der Waals surface area contributed by atoms with Crippen LogP contribution < -0.4 is 5.32 Å². The number of rotatable bonds is 1. The minimum atomic E-state index is -1.75. The van der Waals surface area contributed by atoms with E-state index in [4.69, 9.17) is 4.74 Å². The van der Waals surface area contributed by atoms with Gasteiger partial charge in [0, 0.05) is 24.5 Å². The Balaban J connectivity index is 1.57. The second-order valence-corrected chi connectivity index (χ2v) is 10.5. The van der Waals surface area contributed by atoms with Crippen molar-refractivity contribution in [3.05, 3.63) is 81.4 Å². The van der Waals surface area contributed by atoms with Crippen molar-refractivity contribution >= 4 is 23.0 Å². The number of phenolic OH excluding ortho intramolecular Hbond substituents is 3. The van der Waals surface area contributed by atoms with Crippen LogP contribution in [-0.4, -0.2) is 51.0 Å². The van der Waals surface area contributed by atoms with Crippen LogP contribution >= 0.6 is 0 Å². The lowest BCUT2D eigenvalue weighted by Crippen LogP contribution is -2.64. The Labute approximate surface area is 216 Å². The van der Waals surface area contributed by atoms with Gasteiger partial charge in [0.1, 0.15) is 29.0 Å². The van der Waals surface area contributed by atoms with E-state index in [1.807, 2.05) is 24.3 Å². The molecule has 0 aromatic heterocycles. The summed E-state index contributed by atoms with van der Waals surface area (Å²) in [5.41, 5.74) is -1.19. The molecule has 9 nitrogen and oxygen atoms in total. The van der Waals surface area contributed by atoms with E-state index in [2.05, 4.69) is 5.32 Å². The SMILES string of the molecule is COC1C(=O)C(C)C2C3Nc4c(cc(O)c5c4C(=O)c4c(O)ccc(O)c4C5=O)C2(O)C1c1ccccc13. The summed E-state index contributed by atoms with van der Waals surface area (Å²) in [5.74, 6) is -5.45. The van der Waals surface area contributed by atoms with Gasteiger partial charge in [0.05, 0.1) is 39.9 Å². The zero-order valence-corrected chi connectivity index (χ0v) is 20.4. The normalized spacial score (nSPS) is 30.1. The molecule has 6 atom stereocenters. The summed E-state index contributed by atoms with van der Waals surface area (Å²) in [5, 5.41) is 48.0. The first-order valence-corrected chi connectivity index (χ1v) is 12.3. The van der Waals surface area contributed by atoms with Crippen LogP contribution in [0.5, 0.6) is 17.2 Å². The molecule has 3 aromatic rings. The Hall–Kier alpha value is -4.21. The number of anilines is 1. The molecule has 1 aliphatic heterocycles. The quantitative estimate of drug-likeness (QED) is 0.242. The predicted molar refractivity (Wildman–Crippen MR) is 133 cm³/mol. The summed E-state index contributed by atoms with van der Waals surface area (Å²) >= 11 is 0. The lowest BCUT2D eigenvalue weighted by molar-refractivity contribution is -0.176. The molecule has 3 aliphatic carbocycles. The molecular formula is C29H23NO8. The number of nitrogens with one attached hydrogen (secondary N) is 1. The Morgan fingerprint density at radius 2 is 1.42 bits per heavy atom. The molecule has 1 heterocycles. The molecule has 1 fully saturated rings. The number of Topliss-reactive ketones (excluding diaryl/α,β-unsaturated/α-hetero) is 1. The first-order valence-electron chi connectivity index (χ1n) is 12.3.